The van der Waals surface area contributed by atoms with Gasteiger partial charge in [-0.2, -0.15) is 0 Å². The predicted octanol–water partition coefficient (Wildman–Crippen LogP) is 2.41. The van der Waals surface area contributed by atoms with Gasteiger partial charge in [0, 0.05) is 6.04 Å². The highest BCUT2D eigenvalue weighted by molar-refractivity contribution is 5.94. The number of aliphatic hydroxyl groups excluding tert-OH is 1. The Balaban J connectivity index is 2.03. The van der Waals surface area contributed by atoms with E-state index >= 15 is 0 Å². The molecule has 4 heteroatoms. The van der Waals surface area contributed by atoms with Crippen molar-refractivity contribution < 1.29 is 14.3 Å². The molecule has 3 nitrogen and oxygen atoms in total. The van der Waals surface area contributed by atoms with Gasteiger partial charge >= 0.3 is 0 Å². The van der Waals surface area contributed by atoms with Crippen LogP contribution in [-0.2, 0) is 0 Å². The number of hydrogen-bond donors (Lipinski definition) is 2. The molecule has 1 saturated carbocycles. The van der Waals surface area contributed by atoms with E-state index in [0.717, 1.165) is 24.8 Å². The Labute approximate surface area is 112 Å². The molecular weight excluding hydrogens is 245 g/mol. The molecule has 0 spiro atoms. The van der Waals surface area contributed by atoms with Gasteiger partial charge in [0.2, 0.25) is 0 Å². The van der Waals surface area contributed by atoms with Gasteiger partial charge in [-0.15, -0.1) is 0 Å². The summed E-state index contributed by atoms with van der Waals surface area (Å²) in [7, 11) is 0. The first-order valence-electron chi connectivity index (χ1n) is 6.76. The van der Waals surface area contributed by atoms with Crippen LogP contribution < -0.4 is 5.32 Å². The van der Waals surface area contributed by atoms with E-state index in [1.54, 1.807) is 13.0 Å². The highest BCUT2D eigenvalue weighted by Crippen LogP contribution is 2.31. The average Bonchev–Trinajstić information content (AvgIpc) is 2.32. The van der Waals surface area contributed by atoms with Gasteiger partial charge in [0.05, 0.1) is 11.7 Å². The van der Waals surface area contributed by atoms with E-state index < -0.39 is 5.82 Å². The third kappa shape index (κ3) is 3.13. The van der Waals surface area contributed by atoms with Crippen LogP contribution in [0.15, 0.2) is 18.2 Å². The fraction of sp³-hybridized carbons (Fsp3) is 0.533. The minimum atomic E-state index is -0.485. The summed E-state index contributed by atoms with van der Waals surface area (Å²) in [6, 6.07) is 4.62. The molecule has 2 N–H and O–H groups in total. The Morgan fingerprint density at radius 3 is 2.74 bits per heavy atom. The van der Waals surface area contributed by atoms with E-state index in [-0.39, 0.29) is 23.6 Å². The Hall–Kier alpha value is -1.42. The number of aryl methyl sites for hydroxylation is 1. The van der Waals surface area contributed by atoms with E-state index in [1.807, 2.05) is 6.92 Å². The number of benzene rings is 1. The van der Waals surface area contributed by atoms with Gasteiger partial charge < -0.3 is 10.4 Å². The van der Waals surface area contributed by atoms with Crippen molar-refractivity contribution in [2.24, 2.45) is 5.92 Å². The number of hydrogen-bond acceptors (Lipinski definition) is 2. The summed E-state index contributed by atoms with van der Waals surface area (Å²) in [5, 5.41) is 12.2. The summed E-state index contributed by atoms with van der Waals surface area (Å²) >= 11 is 0. The summed E-state index contributed by atoms with van der Waals surface area (Å²) < 4.78 is 13.7. The van der Waals surface area contributed by atoms with E-state index in [2.05, 4.69) is 5.32 Å². The molecule has 1 aromatic rings. The first kappa shape index (κ1) is 14.0. The van der Waals surface area contributed by atoms with Crippen molar-refractivity contribution in [2.75, 3.05) is 0 Å². The number of rotatable bonds is 4. The van der Waals surface area contributed by atoms with Crippen LogP contribution in [0.25, 0.3) is 0 Å². The summed E-state index contributed by atoms with van der Waals surface area (Å²) in [5.41, 5.74) is 0.882. The van der Waals surface area contributed by atoms with E-state index in [0.29, 0.717) is 5.92 Å². The minimum Gasteiger partial charge on any atom is -0.393 e. The molecule has 0 saturated heterocycles. The molecule has 0 aromatic heterocycles. The maximum absolute atomic E-state index is 13.7. The zero-order valence-corrected chi connectivity index (χ0v) is 11.3. The van der Waals surface area contributed by atoms with Gasteiger partial charge in [-0.1, -0.05) is 13.0 Å². The van der Waals surface area contributed by atoms with Gasteiger partial charge in [-0.05, 0) is 49.8 Å². The van der Waals surface area contributed by atoms with Crippen LogP contribution in [0, 0.1) is 18.7 Å². The lowest BCUT2D eigenvalue weighted by Crippen LogP contribution is -2.46. The SMILES string of the molecule is CC[C@@H](NC(=O)c1ccc(C)cc1F)C1CC(O)C1. The monoisotopic (exact) mass is 265 g/mol. The van der Waals surface area contributed by atoms with E-state index in [1.165, 1.54) is 12.1 Å². The highest BCUT2D eigenvalue weighted by atomic mass is 19.1. The summed E-state index contributed by atoms with van der Waals surface area (Å²) in [5.74, 6) is -0.552. The van der Waals surface area contributed by atoms with Crippen molar-refractivity contribution in [1.82, 2.24) is 5.32 Å². The molecule has 0 heterocycles. The Kier molecular flexibility index (Phi) is 4.20. The topological polar surface area (TPSA) is 49.3 Å². The van der Waals surface area contributed by atoms with Crippen LogP contribution in [0.5, 0.6) is 0 Å². The number of halogens is 1. The molecule has 1 aliphatic rings. The first-order valence-corrected chi connectivity index (χ1v) is 6.76. The molecule has 1 fully saturated rings. The third-order valence-corrected chi connectivity index (χ3v) is 3.84. The standard InChI is InChI=1S/C15H20FNO2/c1-3-14(10-7-11(18)8-10)17-15(19)12-5-4-9(2)6-13(12)16/h4-6,10-11,14,18H,3,7-8H2,1-2H3,(H,17,19)/t10?,11?,14-/m1/s1. The summed E-state index contributed by atoms with van der Waals surface area (Å²) in [6.07, 6.45) is 1.98. The Bertz CT molecular complexity index is 469. The molecule has 1 amide bonds. The van der Waals surface area contributed by atoms with Gasteiger partial charge in [-0.25, -0.2) is 4.39 Å². The van der Waals surface area contributed by atoms with Crippen LogP contribution >= 0.6 is 0 Å². The van der Waals surface area contributed by atoms with Crippen molar-refractivity contribution in [3.8, 4) is 0 Å². The second-order valence-electron chi connectivity index (χ2n) is 5.36. The van der Waals surface area contributed by atoms with Gasteiger partial charge in [0.25, 0.3) is 5.91 Å². The molecule has 2 rings (SSSR count). The molecule has 0 unspecified atom stereocenters. The fourth-order valence-electron chi connectivity index (χ4n) is 2.56. The number of aliphatic hydroxyl groups is 1. The lowest BCUT2D eigenvalue weighted by Gasteiger charge is -2.37. The molecular formula is C15H20FNO2. The Morgan fingerprint density at radius 1 is 1.53 bits per heavy atom. The lowest BCUT2D eigenvalue weighted by atomic mass is 9.76. The van der Waals surface area contributed by atoms with Crippen molar-refractivity contribution in [3.63, 3.8) is 0 Å². The van der Waals surface area contributed by atoms with Crippen LogP contribution in [0.2, 0.25) is 0 Å². The number of nitrogens with one attached hydrogen (secondary N) is 1. The molecule has 0 radical (unpaired) electrons. The third-order valence-electron chi connectivity index (χ3n) is 3.84. The quantitative estimate of drug-likeness (QED) is 0.878. The molecule has 0 aliphatic heterocycles. The summed E-state index contributed by atoms with van der Waals surface area (Å²) in [6.45, 7) is 3.77. The summed E-state index contributed by atoms with van der Waals surface area (Å²) in [4.78, 5) is 12.1. The smallest absolute Gasteiger partial charge is 0.254 e. The molecule has 0 bridgehead atoms. The maximum Gasteiger partial charge on any atom is 0.254 e. The fourth-order valence-corrected chi connectivity index (χ4v) is 2.56. The number of carbonyl (C=O) groups is 1. The highest BCUT2D eigenvalue weighted by Gasteiger charge is 2.34. The van der Waals surface area contributed by atoms with Crippen LogP contribution in [0.4, 0.5) is 4.39 Å². The van der Waals surface area contributed by atoms with Crippen molar-refractivity contribution in [1.29, 1.82) is 0 Å². The van der Waals surface area contributed by atoms with Gasteiger partial charge in [-0.3, -0.25) is 4.79 Å². The zero-order chi connectivity index (χ0) is 14.0. The van der Waals surface area contributed by atoms with Crippen LogP contribution in [0.1, 0.15) is 42.1 Å². The second kappa shape index (κ2) is 5.70. The largest absolute Gasteiger partial charge is 0.393 e. The van der Waals surface area contributed by atoms with Gasteiger partial charge in [0.1, 0.15) is 5.82 Å². The first-order chi connectivity index (χ1) is 9.01. The van der Waals surface area contributed by atoms with E-state index in [4.69, 9.17) is 0 Å². The molecule has 1 atom stereocenters. The molecule has 19 heavy (non-hydrogen) atoms. The van der Waals surface area contributed by atoms with Crippen molar-refractivity contribution in [2.45, 2.75) is 45.3 Å². The minimum absolute atomic E-state index is 0.0107. The van der Waals surface area contributed by atoms with Crippen molar-refractivity contribution in [3.05, 3.63) is 35.1 Å². The van der Waals surface area contributed by atoms with E-state index in [9.17, 15) is 14.3 Å². The van der Waals surface area contributed by atoms with Crippen LogP contribution in [-0.4, -0.2) is 23.2 Å². The van der Waals surface area contributed by atoms with Gasteiger partial charge in [0.15, 0.2) is 0 Å². The molecule has 104 valence electrons. The van der Waals surface area contributed by atoms with Crippen LogP contribution in [0.3, 0.4) is 0 Å². The molecule has 1 aliphatic carbocycles. The molecule has 1 aromatic carbocycles. The number of carbonyl (C=O) groups excluding carboxylic acids is 1. The number of amides is 1. The predicted molar refractivity (Wildman–Crippen MR) is 71.4 cm³/mol. The second-order valence-corrected chi connectivity index (χ2v) is 5.36. The normalized spacial score (nSPS) is 23.6. The average molecular weight is 265 g/mol. The zero-order valence-electron chi connectivity index (χ0n) is 11.3. The Morgan fingerprint density at radius 2 is 2.21 bits per heavy atom. The van der Waals surface area contributed by atoms with Crippen molar-refractivity contribution >= 4 is 5.91 Å². The maximum atomic E-state index is 13.7. The lowest BCUT2D eigenvalue weighted by molar-refractivity contribution is 0.0232.